The van der Waals surface area contributed by atoms with Gasteiger partial charge in [0.15, 0.2) is 0 Å². The van der Waals surface area contributed by atoms with Gasteiger partial charge in [-0.3, -0.25) is 0 Å². The Morgan fingerprint density at radius 2 is 0.604 bits per heavy atom. The summed E-state index contributed by atoms with van der Waals surface area (Å²) < 4.78 is 28.5. The van der Waals surface area contributed by atoms with Crippen molar-refractivity contribution in [2.24, 2.45) is 0 Å². The number of hydrogen-bond acceptors (Lipinski definition) is 2. The SMILES string of the molecule is Fc1ccc(N(c2ccccc2)c2ccc3c(c2)C(c2ccccc2)(c2ccccc2)c2cc(N(c4ccccc4)c4ccc(F)cc4)ccc2-3)cc1. The number of nitrogens with zero attached hydrogens (tertiary/aromatic N) is 2. The number of halogens is 2. The molecule has 0 amide bonds. The van der Waals surface area contributed by atoms with Gasteiger partial charge in [-0.05, 0) is 130 Å². The Morgan fingerprint density at radius 3 is 0.962 bits per heavy atom. The first-order valence-electron chi connectivity index (χ1n) is 17.7. The van der Waals surface area contributed by atoms with Crippen molar-refractivity contribution < 1.29 is 8.78 Å². The van der Waals surface area contributed by atoms with Gasteiger partial charge in [0, 0.05) is 34.1 Å². The topological polar surface area (TPSA) is 6.48 Å². The molecule has 0 aliphatic heterocycles. The van der Waals surface area contributed by atoms with Crippen LogP contribution in [0.25, 0.3) is 11.1 Å². The maximum Gasteiger partial charge on any atom is 0.123 e. The standard InChI is InChI=1S/C49H34F2N2/c50-37-21-25-41(26-22-37)52(39-17-9-3-10-18-39)43-29-31-45-46-32-30-44(53(40-19-11-4-12-20-40)42-27-23-38(51)24-28-42)34-48(46)49(47(45)33-43,35-13-5-1-6-14-35)36-15-7-2-8-16-36/h1-34H. The van der Waals surface area contributed by atoms with Gasteiger partial charge in [0.25, 0.3) is 0 Å². The summed E-state index contributed by atoms with van der Waals surface area (Å²) in [5, 5.41) is 0. The van der Waals surface area contributed by atoms with E-state index in [1.54, 1.807) is 0 Å². The molecule has 4 heteroatoms. The van der Waals surface area contributed by atoms with E-state index >= 15 is 0 Å². The first kappa shape index (κ1) is 32.1. The van der Waals surface area contributed by atoms with Gasteiger partial charge in [0.2, 0.25) is 0 Å². The molecular weight excluding hydrogens is 655 g/mol. The van der Waals surface area contributed by atoms with Crippen LogP contribution in [-0.4, -0.2) is 0 Å². The summed E-state index contributed by atoms with van der Waals surface area (Å²) in [6.07, 6.45) is 0. The minimum absolute atomic E-state index is 0.278. The van der Waals surface area contributed by atoms with Crippen molar-refractivity contribution in [1.82, 2.24) is 0 Å². The van der Waals surface area contributed by atoms with Gasteiger partial charge >= 0.3 is 0 Å². The van der Waals surface area contributed by atoms with Gasteiger partial charge < -0.3 is 9.80 Å². The van der Waals surface area contributed by atoms with Crippen LogP contribution in [0.4, 0.5) is 42.9 Å². The highest BCUT2D eigenvalue weighted by Crippen LogP contribution is 2.58. The molecule has 0 aromatic heterocycles. The van der Waals surface area contributed by atoms with E-state index in [1.165, 1.54) is 24.3 Å². The highest BCUT2D eigenvalue weighted by molar-refractivity contribution is 5.91. The molecule has 0 spiro atoms. The Bertz CT molecular complexity index is 2320. The van der Waals surface area contributed by atoms with E-state index in [0.29, 0.717) is 0 Å². The lowest BCUT2D eigenvalue weighted by Gasteiger charge is -2.35. The fourth-order valence-corrected chi connectivity index (χ4v) is 7.97. The first-order valence-corrected chi connectivity index (χ1v) is 17.7. The van der Waals surface area contributed by atoms with E-state index < -0.39 is 5.41 Å². The predicted octanol–water partition coefficient (Wildman–Crippen LogP) is 13.3. The predicted molar refractivity (Wildman–Crippen MR) is 213 cm³/mol. The number of rotatable bonds is 8. The fraction of sp³-hybridized carbons (Fsp3) is 0.0204. The van der Waals surface area contributed by atoms with Crippen molar-refractivity contribution >= 4 is 34.1 Å². The molecule has 2 nitrogen and oxygen atoms in total. The Balaban J connectivity index is 1.33. The van der Waals surface area contributed by atoms with Crippen molar-refractivity contribution in [3.8, 4) is 11.1 Å². The molecule has 53 heavy (non-hydrogen) atoms. The van der Waals surface area contributed by atoms with E-state index in [4.69, 9.17) is 0 Å². The van der Waals surface area contributed by atoms with Gasteiger partial charge in [0.05, 0.1) is 5.41 Å². The molecule has 9 rings (SSSR count). The van der Waals surface area contributed by atoms with Crippen LogP contribution in [0.5, 0.6) is 0 Å². The maximum atomic E-state index is 14.2. The Hall–Kier alpha value is -6.78. The average molecular weight is 689 g/mol. The zero-order valence-corrected chi connectivity index (χ0v) is 28.8. The molecule has 254 valence electrons. The molecule has 0 heterocycles. The molecule has 0 bridgehead atoms. The molecule has 0 unspecified atom stereocenters. The van der Waals surface area contributed by atoms with Gasteiger partial charge in [0.1, 0.15) is 11.6 Å². The van der Waals surface area contributed by atoms with Crippen molar-refractivity contribution in [3.63, 3.8) is 0 Å². The molecule has 0 saturated heterocycles. The third-order valence-electron chi connectivity index (χ3n) is 10.2. The highest BCUT2D eigenvalue weighted by Gasteiger charge is 2.47. The quantitative estimate of drug-likeness (QED) is 0.157. The summed E-state index contributed by atoms with van der Waals surface area (Å²) in [7, 11) is 0. The van der Waals surface area contributed by atoms with Crippen molar-refractivity contribution in [2.75, 3.05) is 9.80 Å². The van der Waals surface area contributed by atoms with Crippen LogP contribution < -0.4 is 9.80 Å². The van der Waals surface area contributed by atoms with E-state index in [2.05, 4.69) is 131 Å². The Morgan fingerprint density at radius 1 is 0.302 bits per heavy atom. The number of fused-ring (bicyclic) bond motifs is 3. The summed E-state index contributed by atoms with van der Waals surface area (Å²) in [5.41, 5.74) is 11.7. The second kappa shape index (κ2) is 13.4. The summed E-state index contributed by atoms with van der Waals surface area (Å²) >= 11 is 0. The zero-order valence-electron chi connectivity index (χ0n) is 28.8. The normalized spacial score (nSPS) is 12.5. The summed E-state index contributed by atoms with van der Waals surface area (Å²) in [6, 6.07) is 68.5. The van der Waals surface area contributed by atoms with E-state index in [-0.39, 0.29) is 11.6 Å². The molecule has 8 aromatic rings. The number of para-hydroxylation sites is 2. The number of benzene rings is 8. The van der Waals surface area contributed by atoms with E-state index in [9.17, 15) is 8.78 Å². The van der Waals surface area contributed by atoms with E-state index in [1.807, 2.05) is 60.7 Å². The Kier molecular flexibility index (Phi) is 8.13. The van der Waals surface area contributed by atoms with Gasteiger partial charge in [-0.25, -0.2) is 8.78 Å². The minimum Gasteiger partial charge on any atom is -0.310 e. The summed E-state index contributed by atoms with van der Waals surface area (Å²) in [4.78, 5) is 4.36. The van der Waals surface area contributed by atoms with Gasteiger partial charge in [-0.15, -0.1) is 0 Å². The van der Waals surface area contributed by atoms with Crippen LogP contribution in [0.1, 0.15) is 22.3 Å². The lowest BCUT2D eigenvalue weighted by molar-refractivity contribution is 0.627. The monoisotopic (exact) mass is 688 g/mol. The first-order chi connectivity index (χ1) is 26.1. The molecule has 0 fully saturated rings. The minimum atomic E-state index is -0.699. The molecule has 1 aliphatic rings. The van der Waals surface area contributed by atoms with Crippen LogP contribution in [0, 0.1) is 11.6 Å². The highest BCUT2D eigenvalue weighted by atomic mass is 19.1. The van der Waals surface area contributed by atoms with Crippen LogP contribution in [0.3, 0.4) is 0 Å². The molecular formula is C49H34F2N2. The second-order valence-corrected chi connectivity index (χ2v) is 13.2. The molecule has 0 radical (unpaired) electrons. The van der Waals surface area contributed by atoms with Crippen LogP contribution in [0.2, 0.25) is 0 Å². The number of hydrogen-bond donors (Lipinski definition) is 0. The Labute approximate surface area is 308 Å². The third kappa shape index (κ3) is 5.56. The molecule has 0 N–H and O–H groups in total. The molecule has 0 saturated carbocycles. The van der Waals surface area contributed by atoms with Crippen molar-refractivity contribution in [1.29, 1.82) is 0 Å². The summed E-state index contributed by atoms with van der Waals surface area (Å²) in [5.74, 6) is -0.557. The van der Waals surface area contributed by atoms with Gasteiger partial charge in [-0.1, -0.05) is 109 Å². The maximum absolute atomic E-state index is 14.2. The van der Waals surface area contributed by atoms with Crippen LogP contribution >= 0.6 is 0 Å². The van der Waals surface area contributed by atoms with Crippen LogP contribution in [0.15, 0.2) is 206 Å². The van der Waals surface area contributed by atoms with Gasteiger partial charge in [-0.2, -0.15) is 0 Å². The molecule has 8 aromatic carbocycles. The van der Waals surface area contributed by atoms with Crippen molar-refractivity contribution in [2.45, 2.75) is 5.41 Å². The smallest absolute Gasteiger partial charge is 0.123 e. The average Bonchev–Trinajstić information content (AvgIpc) is 3.51. The lowest BCUT2D eigenvalue weighted by Crippen LogP contribution is -2.29. The second-order valence-electron chi connectivity index (χ2n) is 13.2. The summed E-state index contributed by atoms with van der Waals surface area (Å²) in [6.45, 7) is 0. The van der Waals surface area contributed by atoms with Crippen LogP contribution in [-0.2, 0) is 5.41 Å². The zero-order chi connectivity index (χ0) is 35.8. The van der Waals surface area contributed by atoms with E-state index in [0.717, 1.165) is 67.5 Å². The van der Waals surface area contributed by atoms with Crippen molar-refractivity contribution in [3.05, 3.63) is 240 Å². The largest absolute Gasteiger partial charge is 0.310 e. The third-order valence-corrected chi connectivity index (χ3v) is 10.2. The lowest BCUT2D eigenvalue weighted by atomic mass is 9.67. The molecule has 0 atom stereocenters. The fourth-order valence-electron chi connectivity index (χ4n) is 7.97. The number of anilines is 6. The molecule has 1 aliphatic carbocycles.